The quantitative estimate of drug-likeness (QED) is 0.909. The molecule has 1 saturated heterocycles. The third-order valence-electron chi connectivity index (χ3n) is 4.65. The van der Waals surface area contributed by atoms with Gasteiger partial charge < -0.3 is 4.90 Å². The highest BCUT2D eigenvalue weighted by Crippen LogP contribution is 2.23. The zero-order chi connectivity index (χ0) is 15.4. The highest BCUT2D eigenvalue weighted by atomic mass is 32.1. The molecule has 6 nitrogen and oxygen atoms in total. The van der Waals surface area contributed by atoms with Gasteiger partial charge >= 0.3 is 6.03 Å². The standard InChI is InChI=1S/C15H25N5OS/c1-12-17-18-14(22-12)16-15(21)20-9-5-8-19(10-11-20)13-6-3-2-4-7-13/h13H,2-11H2,1H3,(H,16,18,21). The Balaban J connectivity index is 1.52. The van der Waals surface area contributed by atoms with Gasteiger partial charge in [-0.15, -0.1) is 10.2 Å². The summed E-state index contributed by atoms with van der Waals surface area (Å²) in [4.78, 5) is 16.9. The van der Waals surface area contributed by atoms with Crippen LogP contribution < -0.4 is 5.32 Å². The van der Waals surface area contributed by atoms with Crippen LogP contribution in [0.2, 0.25) is 0 Å². The second-order valence-corrected chi connectivity index (χ2v) is 7.41. The van der Waals surface area contributed by atoms with Gasteiger partial charge in [0.05, 0.1) is 0 Å². The molecule has 1 aliphatic heterocycles. The summed E-state index contributed by atoms with van der Waals surface area (Å²) >= 11 is 1.42. The monoisotopic (exact) mass is 323 g/mol. The van der Waals surface area contributed by atoms with Crippen molar-refractivity contribution in [2.24, 2.45) is 0 Å². The molecule has 2 fully saturated rings. The molecule has 2 amide bonds. The fourth-order valence-corrected chi connectivity index (χ4v) is 4.05. The van der Waals surface area contributed by atoms with E-state index in [0.29, 0.717) is 5.13 Å². The zero-order valence-electron chi connectivity index (χ0n) is 13.3. The van der Waals surface area contributed by atoms with Crippen molar-refractivity contribution < 1.29 is 4.79 Å². The second-order valence-electron chi connectivity index (χ2n) is 6.22. The van der Waals surface area contributed by atoms with Crippen LogP contribution in [0, 0.1) is 6.92 Å². The van der Waals surface area contributed by atoms with Crippen molar-refractivity contribution in [3.05, 3.63) is 5.01 Å². The fraction of sp³-hybridized carbons (Fsp3) is 0.800. The molecule has 22 heavy (non-hydrogen) atoms. The minimum Gasteiger partial charge on any atom is -0.323 e. The molecular weight excluding hydrogens is 298 g/mol. The molecule has 1 aliphatic carbocycles. The van der Waals surface area contributed by atoms with Gasteiger partial charge in [0.1, 0.15) is 5.01 Å². The maximum atomic E-state index is 12.3. The van der Waals surface area contributed by atoms with Crippen molar-refractivity contribution in [1.29, 1.82) is 0 Å². The number of hydrogen-bond donors (Lipinski definition) is 1. The molecule has 1 N–H and O–H groups in total. The Morgan fingerprint density at radius 1 is 1.09 bits per heavy atom. The summed E-state index contributed by atoms with van der Waals surface area (Å²) in [6.07, 6.45) is 7.83. The number of anilines is 1. The van der Waals surface area contributed by atoms with Gasteiger partial charge in [-0.2, -0.15) is 0 Å². The van der Waals surface area contributed by atoms with Gasteiger partial charge in [-0.25, -0.2) is 4.79 Å². The maximum absolute atomic E-state index is 12.3. The van der Waals surface area contributed by atoms with E-state index >= 15 is 0 Å². The maximum Gasteiger partial charge on any atom is 0.323 e. The topological polar surface area (TPSA) is 61.4 Å². The molecule has 0 aromatic carbocycles. The van der Waals surface area contributed by atoms with Crippen molar-refractivity contribution >= 4 is 22.5 Å². The number of nitrogens with one attached hydrogen (secondary N) is 1. The minimum atomic E-state index is -0.0401. The lowest BCUT2D eigenvalue weighted by atomic mass is 9.94. The van der Waals surface area contributed by atoms with E-state index in [1.54, 1.807) is 0 Å². The summed E-state index contributed by atoms with van der Waals surface area (Å²) in [7, 11) is 0. The molecule has 3 rings (SSSR count). The van der Waals surface area contributed by atoms with Crippen LogP contribution in [0.25, 0.3) is 0 Å². The van der Waals surface area contributed by atoms with Crippen LogP contribution in [0.3, 0.4) is 0 Å². The van der Waals surface area contributed by atoms with E-state index in [1.807, 2.05) is 11.8 Å². The van der Waals surface area contributed by atoms with Crippen LogP contribution in [0.4, 0.5) is 9.93 Å². The van der Waals surface area contributed by atoms with Crippen LogP contribution in [-0.4, -0.2) is 58.2 Å². The van der Waals surface area contributed by atoms with Gasteiger partial charge in [-0.05, 0) is 26.2 Å². The minimum absolute atomic E-state index is 0.0401. The van der Waals surface area contributed by atoms with Crippen LogP contribution >= 0.6 is 11.3 Å². The third kappa shape index (κ3) is 3.95. The van der Waals surface area contributed by atoms with Crippen LogP contribution in [0.15, 0.2) is 0 Å². The van der Waals surface area contributed by atoms with Crippen molar-refractivity contribution in [2.75, 3.05) is 31.5 Å². The molecule has 0 unspecified atom stereocenters. The summed E-state index contributed by atoms with van der Waals surface area (Å²) in [6, 6.07) is 0.698. The van der Waals surface area contributed by atoms with Gasteiger partial charge in [0.15, 0.2) is 0 Å². The number of nitrogens with zero attached hydrogens (tertiary/aromatic N) is 4. The second kappa shape index (κ2) is 7.37. The number of carbonyl (C=O) groups is 1. The Morgan fingerprint density at radius 2 is 1.91 bits per heavy atom. The smallest absolute Gasteiger partial charge is 0.323 e. The van der Waals surface area contributed by atoms with Gasteiger partial charge in [0.2, 0.25) is 5.13 Å². The van der Waals surface area contributed by atoms with E-state index in [0.717, 1.165) is 43.6 Å². The molecule has 0 atom stereocenters. The number of aromatic nitrogens is 2. The highest BCUT2D eigenvalue weighted by molar-refractivity contribution is 7.15. The van der Waals surface area contributed by atoms with Crippen molar-refractivity contribution in [1.82, 2.24) is 20.0 Å². The number of hydrogen-bond acceptors (Lipinski definition) is 5. The molecule has 0 radical (unpaired) electrons. The number of amides is 2. The Morgan fingerprint density at radius 3 is 2.64 bits per heavy atom. The lowest BCUT2D eigenvalue weighted by molar-refractivity contribution is 0.160. The lowest BCUT2D eigenvalue weighted by Gasteiger charge is -2.33. The number of rotatable bonds is 2. The summed E-state index contributed by atoms with van der Waals surface area (Å²) in [5.41, 5.74) is 0. The van der Waals surface area contributed by atoms with E-state index < -0.39 is 0 Å². The Kier molecular flexibility index (Phi) is 5.25. The molecule has 0 bridgehead atoms. The summed E-state index contributed by atoms with van der Waals surface area (Å²) < 4.78 is 0. The summed E-state index contributed by atoms with van der Waals surface area (Å²) in [6.45, 7) is 5.63. The molecule has 7 heteroatoms. The largest absolute Gasteiger partial charge is 0.323 e. The number of carbonyl (C=O) groups excluding carboxylic acids is 1. The van der Waals surface area contributed by atoms with Gasteiger partial charge in [-0.3, -0.25) is 10.2 Å². The fourth-order valence-electron chi connectivity index (χ4n) is 3.47. The van der Waals surface area contributed by atoms with Crippen molar-refractivity contribution in [3.63, 3.8) is 0 Å². The predicted molar refractivity (Wildman–Crippen MR) is 88.3 cm³/mol. The molecule has 1 aromatic rings. The first-order chi connectivity index (χ1) is 10.7. The summed E-state index contributed by atoms with van der Waals surface area (Å²) in [5.74, 6) is 0. The Hall–Kier alpha value is -1.21. The predicted octanol–water partition coefficient (Wildman–Crippen LogP) is 2.72. The summed E-state index contributed by atoms with van der Waals surface area (Å²) in [5, 5.41) is 12.2. The lowest BCUT2D eigenvalue weighted by Crippen LogP contribution is -2.41. The van der Waals surface area contributed by atoms with Gasteiger partial charge in [0.25, 0.3) is 0 Å². The first-order valence-corrected chi connectivity index (χ1v) is 9.14. The van der Waals surface area contributed by atoms with E-state index in [9.17, 15) is 4.79 Å². The zero-order valence-corrected chi connectivity index (χ0v) is 14.1. The van der Waals surface area contributed by atoms with E-state index in [1.165, 1.54) is 43.4 Å². The van der Waals surface area contributed by atoms with Crippen molar-refractivity contribution in [3.8, 4) is 0 Å². The van der Waals surface area contributed by atoms with Crippen molar-refractivity contribution in [2.45, 2.75) is 51.5 Å². The first kappa shape index (κ1) is 15.7. The molecular formula is C15H25N5OS. The van der Waals surface area contributed by atoms with Gasteiger partial charge in [0, 0.05) is 32.2 Å². The van der Waals surface area contributed by atoms with Crippen LogP contribution in [0.5, 0.6) is 0 Å². The van der Waals surface area contributed by atoms with Gasteiger partial charge in [-0.1, -0.05) is 30.6 Å². The first-order valence-electron chi connectivity index (χ1n) is 8.32. The molecule has 0 spiro atoms. The highest BCUT2D eigenvalue weighted by Gasteiger charge is 2.25. The average Bonchev–Trinajstić information content (AvgIpc) is 2.80. The Labute approximate surface area is 135 Å². The van der Waals surface area contributed by atoms with Crippen LogP contribution in [-0.2, 0) is 0 Å². The molecule has 1 aromatic heterocycles. The van der Waals surface area contributed by atoms with E-state index in [-0.39, 0.29) is 6.03 Å². The average molecular weight is 323 g/mol. The van der Waals surface area contributed by atoms with Crippen LogP contribution in [0.1, 0.15) is 43.5 Å². The normalized spacial score (nSPS) is 21.6. The van der Waals surface area contributed by atoms with E-state index in [4.69, 9.17) is 0 Å². The molecule has 1 saturated carbocycles. The number of urea groups is 1. The van der Waals surface area contributed by atoms with E-state index in [2.05, 4.69) is 20.4 Å². The molecule has 2 heterocycles. The SMILES string of the molecule is Cc1nnc(NC(=O)N2CCCN(C3CCCCC3)CC2)s1. The third-order valence-corrected chi connectivity index (χ3v) is 5.40. The Bertz CT molecular complexity index is 500. The number of aryl methyl sites for hydroxylation is 1. The molecule has 2 aliphatic rings. The molecule has 122 valence electrons.